The number of carboxylic acid groups (broad SMARTS) is 1. The number of nitrogens with zero attached hydrogens (tertiary/aromatic N) is 1. The van der Waals surface area contributed by atoms with Gasteiger partial charge in [0, 0.05) is 13.0 Å². The van der Waals surface area contributed by atoms with E-state index in [0.717, 1.165) is 30.9 Å². The first-order chi connectivity index (χ1) is 16.4. The molecule has 2 heterocycles. The number of aliphatic carboxylic acids is 1. The Balaban J connectivity index is 1.36. The molecular formula is C25H25N3O6. The molecule has 5 N–H and O–H groups in total. The first kappa shape index (κ1) is 22.9. The maximum Gasteiger partial charge on any atom is 0.326 e. The number of hydrogen-bond donors (Lipinski definition) is 5. The molecule has 1 aromatic heterocycles. The fourth-order valence-corrected chi connectivity index (χ4v) is 3.76. The summed E-state index contributed by atoms with van der Waals surface area (Å²) in [5.41, 5.74) is 2.30. The van der Waals surface area contributed by atoms with Gasteiger partial charge in [-0.1, -0.05) is 24.3 Å². The number of aromatic nitrogens is 1. The third-order valence-corrected chi connectivity index (χ3v) is 5.55. The van der Waals surface area contributed by atoms with Gasteiger partial charge in [0.05, 0.1) is 5.69 Å². The number of ether oxygens (including phenoxy) is 1. The summed E-state index contributed by atoms with van der Waals surface area (Å²) >= 11 is 0. The third-order valence-electron chi connectivity index (χ3n) is 5.55. The van der Waals surface area contributed by atoms with Crippen LogP contribution in [0.4, 0.5) is 5.82 Å². The smallest absolute Gasteiger partial charge is 0.326 e. The second-order valence-electron chi connectivity index (χ2n) is 8.01. The number of fused-ring (bicyclic) bond motifs is 1. The lowest BCUT2D eigenvalue weighted by atomic mass is 10.0. The van der Waals surface area contributed by atoms with Gasteiger partial charge in [0.25, 0.3) is 5.91 Å². The predicted molar refractivity (Wildman–Crippen MR) is 124 cm³/mol. The molecule has 0 radical (unpaired) electrons. The summed E-state index contributed by atoms with van der Waals surface area (Å²) < 4.78 is 5.81. The van der Waals surface area contributed by atoms with Crippen LogP contribution in [-0.4, -0.2) is 44.8 Å². The Kier molecular flexibility index (Phi) is 6.82. The lowest BCUT2D eigenvalue weighted by Crippen LogP contribution is -2.42. The number of hydrogen-bond acceptors (Lipinski definition) is 7. The molecule has 1 aliphatic rings. The fourth-order valence-electron chi connectivity index (χ4n) is 3.76. The second kappa shape index (κ2) is 10.1. The number of nitrogens with one attached hydrogen (secondary N) is 2. The van der Waals surface area contributed by atoms with Crippen LogP contribution < -0.4 is 15.4 Å². The SMILES string of the molecule is O=C(N[C@@H](Cc1ccc(OCc2ccc3c(n2)NCCC3)cc1)C(=O)O)c1c(O)cccc1O. The van der Waals surface area contributed by atoms with Crippen LogP contribution in [0.3, 0.4) is 0 Å². The Bertz CT molecular complexity index is 1180. The van der Waals surface area contributed by atoms with Crippen LogP contribution in [0.1, 0.15) is 33.6 Å². The standard InChI is InChI=1S/C25H25N3O6/c29-20-4-1-5-21(30)22(20)24(31)28-19(25(32)33)13-15-6-10-18(11-7-15)34-14-17-9-8-16-3-2-12-26-23(16)27-17/h1,4-11,19,29-30H,2-3,12-14H2,(H,26,27)(H,28,31)(H,32,33)/t19-/m0/s1. The van der Waals surface area contributed by atoms with Crippen molar-refractivity contribution < 1.29 is 29.6 Å². The number of aromatic hydroxyl groups is 2. The molecule has 9 heteroatoms. The largest absolute Gasteiger partial charge is 0.507 e. The Labute approximate surface area is 196 Å². The average molecular weight is 463 g/mol. The van der Waals surface area contributed by atoms with Gasteiger partial charge in [-0.2, -0.15) is 0 Å². The van der Waals surface area contributed by atoms with Crippen LogP contribution in [0.25, 0.3) is 0 Å². The first-order valence-electron chi connectivity index (χ1n) is 10.9. The molecule has 9 nitrogen and oxygen atoms in total. The number of aryl methyl sites for hydroxylation is 1. The van der Waals surface area contributed by atoms with Gasteiger partial charge in [-0.15, -0.1) is 0 Å². The Hall–Kier alpha value is -4.27. The predicted octanol–water partition coefficient (Wildman–Crippen LogP) is 2.86. The normalized spacial score (nSPS) is 13.3. The molecule has 1 aliphatic heterocycles. The van der Waals surface area contributed by atoms with Gasteiger partial charge < -0.3 is 30.7 Å². The lowest BCUT2D eigenvalue weighted by Gasteiger charge is -2.17. The highest BCUT2D eigenvalue weighted by atomic mass is 16.5. The van der Waals surface area contributed by atoms with Crippen molar-refractivity contribution in [1.29, 1.82) is 0 Å². The number of carboxylic acids is 1. The van der Waals surface area contributed by atoms with Crippen LogP contribution >= 0.6 is 0 Å². The molecule has 0 unspecified atom stereocenters. The van der Waals surface area contributed by atoms with Gasteiger partial charge >= 0.3 is 5.97 Å². The minimum Gasteiger partial charge on any atom is -0.507 e. The van der Waals surface area contributed by atoms with Gasteiger partial charge in [-0.25, -0.2) is 9.78 Å². The van der Waals surface area contributed by atoms with Crippen molar-refractivity contribution in [2.75, 3.05) is 11.9 Å². The molecule has 3 aromatic rings. The van der Waals surface area contributed by atoms with Crippen molar-refractivity contribution in [2.45, 2.75) is 31.9 Å². The topological polar surface area (TPSA) is 141 Å². The minimum atomic E-state index is -1.26. The maximum absolute atomic E-state index is 12.4. The first-order valence-corrected chi connectivity index (χ1v) is 10.9. The van der Waals surface area contributed by atoms with E-state index in [0.29, 0.717) is 17.9 Å². The molecule has 1 amide bonds. The highest BCUT2D eigenvalue weighted by Crippen LogP contribution is 2.26. The Morgan fingerprint density at radius 3 is 2.50 bits per heavy atom. The number of anilines is 1. The zero-order chi connectivity index (χ0) is 24.1. The zero-order valence-electron chi connectivity index (χ0n) is 18.3. The number of carbonyl (C=O) groups is 2. The van der Waals surface area contributed by atoms with Gasteiger partial charge in [0.1, 0.15) is 41.3 Å². The Morgan fingerprint density at radius 2 is 1.79 bits per heavy atom. The van der Waals surface area contributed by atoms with Gasteiger partial charge in [0.2, 0.25) is 0 Å². The van der Waals surface area contributed by atoms with Crippen molar-refractivity contribution in [3.63, 3.8) is 0 Å². The highest BCUT2D eigenvalue weighted by Gasteiger charge is 2.24. The van der Waals surface area contributed by atoms with E-state index in [4.69, 9.17) is 4.74 Å². The summed E-state index contributed by atoms with van der Waals surface area (Å²) in [4.78, 5) is 28.7. The summed E-state index contributed by atoms with van der Waals surface area (Å²) in [6.07, 6.45) is 2.12. The van der Waals surface area contributed by atoms with Crippen LogP contribution in [-0.2, 0) is 24.2 Å². The van der Waals surface area contributed by atoms with Crippen LogP contribution in [0.15, 0.2) is 54.6 Å². The number of phenolic OH excluding ortho intramolecular Hbond substituents is 2. The van der Waals surface area contributed by atoms with Crippen molar-refractivity contribution in [3.8, 4) is 17.2 Å². The fraction of sp³-hybridized carbons (Fsp3) is 0.240. The molecule has 34 heavy (non-hydrogen) atoms. The van der Waals surface area contributed by atoms with E-state index in [1.165, 1.54) is 23.8 Å². The number of carbonyl (C=O) groups excluding carboxylic acids is 1. The monoisotopic (exact) mass is 463 g/mol. The molecule has 2 aromatic carbocycles. The molecule has 1 atom stereocenters. The number of amides is 1. The van der Waals surface area contributed by atoms with E-state index >= 15 is 0 Å². The Morgan fingerprint density at radius 1 is 1.06 bits per heavy atom. The number of benzene rings is 2. The molecule has 0 saturated carbocycles. The van der Waals surface area contributed by atoms with E-state index in [1.807, 2.05) is 6.07 Å². The minimum absolute atomic E-state index is 0.00770. The third kappa shape index (κ3) is 5.37. The lowest BCUT2D eigenvalue weighted by molar-refractivity contribution is -0.139. The van der Waals surface area contributed by atoms with Crippen molar-refractivity contribution in [2.24, 2.45) is 0 Å². The zero-order valence-corrected chi connectivity index (χ0v) is 18.3. The van der Waals surface area contributed by atoms with Crippen molar-refractivity contribution in [3.05, 3.63) is 77.0 Å². The van der Waals surface area contributed by atoms with E-state index in [2.05, 4.69) is 21.7 Å². The average Bonchev–Trinajstić information content (AvgIpc) is 2.83. The molecule has 0 bridgehead atoms. The second-order valence-corrected chi connectivity index (χ2v) is 8.01. The molecule has 0 aliphatic carbocycles. The molecule has 0 spiro atoms. The molecule has 0 fully saturated rings. The number of rotatable bonds is 8. The summed E-state index contributed by atoms with van der Waals surface area (Å²) in [7, 11) is 0. The molecule has 4 rings (SSSR count). The van der Waals surface area contributed by atoms with E-state index in [1.54, 1.807) is 24.3 Å². The van der Waals surface area contributed by atoms with E-state index < -0.39 is 29.4 Å². The van der Waals surface area contributed by atoms with Gasteiger partial charge in [-0.3, -0.25) is 4.79 Å². The maximum atomic E-state index is 12.4. The summed E-state index contributed by atoms with van der Waals surface area (Å²) in [6.45, 7) is 1.21. The number of phenols is 2. The highest BCUT2D eigenvalue weighted by molar-refractivity contribution is 6.01. The van der Waals surface area contributed by atoms with E-state index in [-0.39, 0.29) is 12.0 Å². The summed E-state index contributed by atoms with van der Waals surface area (Å²) in [5, 5.41) is 34.8. The molecule has 176 valence electrons. The van der Waals surface area contributed by atoms with Gasteiger partial charge in [-0.05, 0) is 54.3 Å². The van der Waals surface area contributed by atoms with Crippen molar-refractivity contribution >= 4 is 17.7 Å². The molecule has 0 saturated heterocycles. The quantitative estimate of drug-likeness (QED) is 0.343. The van der Waals surface area contributed by atoms with Crippen LogP contribution in [0.2, 0.25) is 0 Å². The van der Waals surface area contributed by atoms with Crippen molar-refractivity contribution in [1.82, 2.24) is 10.3 Å². The van der Waals surface area contributed by atoms with Crippen LogP contribution in [0, 0.1) is 0 Å². The summed E-state index contributed by atoms with van der Waals surface area (Å²) in [5.74, 6) is -1.49. The van der Waals surface area contributed by atoms with Gasteiger partial charge in [0.15, 0.2) is 0 Å². The van der Waals surface area contributed by atoms with Crippen LogP contribution in [0.5, 0.6) is 17.2 Å². The number of pyridine rings is 1. The van der Waals surface area contributed by atoms with E-state index in [9.17, 15) is 24.9 Å². The molecular weight excluding hydrogens is 438 g/mol. The summed E-state index contributed by atoms with van der Waals surface area (Å²) in [6, 6.07) is 13.5.